The van der Waals surface area contributed by atoms with E-state index in [1.54, 1.807) is 0 Å². The van der Waals surface area contributed by atoms with Gasteiger partial charge >= 0.3 is 38.7 Å². The van der Waals surface area contributed by atoms with E-state index >= 15 is 0 Å². The van der Waals surface area contributed by atoms with Crippen LogP contribution >= 0.6 is 0 Å². The summed E-state index contributed by atoms with van der Waals surface area (Å²) in [6.45, 7) is -2.84. The van der Waals surface area contributed by atoms with Gasteiger partial charge in [-0.25, -0.2) is 8.42 Å². The molecule has 34 heavy (non-hydrogen) atoms. The number of ether oxygens (including phenoxy) is 1. The minimum absolute atomic E-state index is 0.0335. The van der Waals surface area contributed by atoms with E-state index in [0.29, 0.717) is 0 Å². The van der Waals surface area contributed by atoms with E-state index in [2.05, 4.69) is 8.92 Å². The molecule has 0 aromatic carbocycles. The number of sulfonamides is 1. The van der Waals surface area contributed by atoms with E-state index in [1.807, 2.05) is 0 Å². The van der Waals surface area contributed by atoms with Gasteiger partial charge in [-0.3, -0.25) is 13.9 Å². The summed E-state index contributed by atoms with van der Waals surface area (Å²) in [6, 6.07) is -2.55. The summed E-state index contributed by atoms with van der Waals surface area (Å²) >= 11 is 0. The van der Waals surface area contributed by atoms with Crippen molar-refractivity contribution < 1.29 is 70.1 Å². The number of hydrogen-bond acceptors (Lipinski definition) is 8. The van der Waals surface area contributed by atoms with Gasteiger partial charge in [-0.15, -0.1) is 0 Å². The average Bonchev–Trinajstić information content (AvgIpc) is 2.67. The third-order valence-electron chi connectivity index (χ3n) is 4.70. The minimum atomic E-state index is -6.99. The number of nitrogens with zero attached hydrogens (tertiary/aromatic N) is 2. The van der Waals surface area contributed by atoms with Gasteiger partial charge in [-0.05, 0) is 13.8 Å². The molecule has 1 aliphatic heterocycles. The highest BCUT2D eigenvalue weighted by Gasteiger charge is 2.83. The molecule has 0 amide bonds. The highest BCUT2D eigenvalue weighted by molar-refractivity contribution is 7.90. The molecule has 0 radical (unpaired) electrons. The van der Waals surface area contributed by atoms with Crippen LogP contribution in [0, 0.1) is 0 Å². The lowest BCUT2D eigenvalue weighted by Gasteiger charge is -2.44. The van der Waals surface area contributed by atoms with Gasteiger partial charge in [0, 0.05) is 25.2 Å². The van der Waals surface area contributed by atoms with Gasteiger partial charge in [0.2, 0.25) is 0 Å². The van der Waals surface area contributed by atoms with Crippen LogP contribution in [-0.2, 0) is 33.9 Å². The van der Waals surface area contributed by atoms with E-state index in [4.69, 9.17) is 0 Å². The van der Waals surface area contributed by atoms with Gasteiger partial charge in [0.1, 0.15) is 0 Å². The molecule has 1 rings (SSSR count). The Morgan fingerprint density at radius 1 is 0.882 bits per heavy atom. The minimum Gasteiger partial charge on any atom is -0.455 e. The maximum atomic E-state index is 14.3. The summed E-state index contributed by atoms with van der Waals surface area (Å²) in [4.78, 5) is 12.6. The number of halogens is 9. The van der Waals surface area contributed by atoms with Crippen LogP contribution in [0.1, 0.15) is 13.8 Å². The highest BCUT2D eigenvalue weighted by atomic mass is 32.2. The zero-order valence-electron chi connectivity index (χ0n) is 17.5. The lowest BCUT2D eigenvalue weighted by atomic mass is 10.1. The Kier molecular flexibility index (Phi) is 8.64. The van der Waals surface area contributed by atoms with Crippen LogP contribution in [0.5, 0.6) is 0 Å². The van der Waals surface area contributed by atoms with Crippen LogP contribution in [0.3, 0.4) is 0 Å². The lowest BCUT2D eigenvalue weighted by molar-refractivity contribution is -0.247. The molecular formula is C14H19F9N2O7S2. The summed E-state index contributed by atoms with van der Waals surface area (Å²) < 4.78 is 174. The number of esters is 1. The van der Waals surface area contributed by atoms with E-state index in [-0.39, 0.29) is 11.4 Å². The van der Waals surface area contributed by atoms with E-state index in [9.17, 15) is 61.1 Å². The molecule has 2 unspecified atom stereocenters. The van der Waals surface area contributed by atoms with Crippen LogP contribution in [0.25, 0.3) is 0 Å². The second kappa shape index (κ2) is 9.58. The van der Waals surface area contributed by atoms with Crippen molar-refractivity contribution in [2.24, 2.45) is 0 Å². The Hall–Kier alpha value is -1.38. The first-order chi connectivity index (χ1) is 15.0. The maximum absolute atomic E-state index is 14.3. The Morgan fingerprint density at radius 2 is 1.32 bits per heavy atom. The van der Waals surface area contributed by atoms with Crippen molar-refractivity contribution in [3.63, 3.8) is 0 Å². The Balaban J connectivity index is 3.16. The molecule has 20 heteroatoms. The summed E-state index contributed by atoms with van der Waals surface area (Å²) in [7, 11) is -13.4. The number of hydrogen-bond donors (Lipinski definition) is 0. The van der Waals surface area contributed by atoms with Gasteiger partial charge in [-0.2, -0.15) is 52.2 Å². The number of carbonyl (C=O) groups excluding carboxylic acids is 1. The molecule has 0 bridgehead atoms. The van der Waals surface area contributed by atoms with Crippen molar-refractivity contribution in [3.8, 4) is 0 Å². The Labute approximate surface area is 187 Å². The number of piperazine rings is 1. The van der Waals surface area contributed by atoms with Gasteiger partial charge < -0.3 is 4.74 Å². The van der Waals surface area contributed by atoms with Crippen molar-refractivity contribution in [2.75, 3.05) is 33.4 Å². The normalized spacial score (nSPS) is 22.6. The van der Waals surface area contributed by atoms with Crippen LogP contribution in [0.2, 0.25) is 0 Å². The fourth-order valence-corrected chi connectivity index (χ4v) is 5.24. The summed E-state index contributed by atoms with van der Waals surface area (Å²) in [5.41, 5.74) is 0. The van der Waals surface area contributed by atoms with Crippen molar-refractivity contribution in [2.45, 2.75) is 48.5 Å². The molecule has 1 heterocycles. The Morgan fingerprint density at radius 3 is 1.71 bits per heavy atom. The Bertz CT molecular complexity index is 959. The lowest BCUT2D eigenvalue weighted by Crippen LogP contribution is -2.66. The topological polar surface area (TPSA) is 110 Å². The standard InChI is InChI=1S/C14H19F9N2O7S2/c1-8-4-24(5-9(2)25(8)6-10(26)32-7-11(15,16)17)33(27,28)13(20,21)12(18,19)14(22,23)34(29,30)31-3/h8-9H,4-7H2,1-3H3. The first-order valence-corrected chi connectivity index (χ1v) is 11.7. The molecule has 0 N–H and O–H groups in total. The van der Waals surface area contributed by atoms with Crippen LogP contribution < -0.4 is 0 Å². The maximum Gasteiger partial charge on any atom is 0.439 e. The molecule has 0 aromatic rings. The molecule has 0 spiro atoms. The monoisotopic (exact) mass is 562 g/mol. The van der Waals surface area contributed by atoms with Crippen molar-refractivity contribution in [1.82, 2.24) is 9.21 Å². The van der Waals surface area contributed by atoms with E-state index in [1.165, 1.54) is 0 Å². The van der Waals surface area contributed by atoms with Gasteiger partial charge in [0.05, 0.1) is 13.7 Å². The van der Waals surface area contributed by atoms with Gasteiger partial charge in [0.25, 0.3) is 10.0 Å². The number of carbonyl (C=O) groups is 1. The summed E-state index contributed by atoms with van der Waals surface area (Å²) in [6.07, 6.45) is -4.85. The second-order valence-corrected chi connectivity index (χ2v) is 10.9. The zero-order chi connectivity index (χ0) is 27.1. The smallest absolute Gasteiger partial charge is 0.439 e. The number of alkyl halides is 9. The molecule has 0 aromatic heterocycles. The van der Waals surface area contributed by atoms with Gasteiger partial charge in [0.15, 0.2) is 6.61 Å². The molecule has 1 fully saturated rings. The van der Waals surface area contributed by atoms with E-state index < -0.39 is 87.0 Å². The quantitative estimate of drug-likeness (QED) is 0.237. The van der Waals surface area contributed by atoms with Crippen molar-refractivity contribution in [1.29, 1.82) is 0 Å². The number of rotatable bonds is 9. The molecule has 9 nitrogen and oxygen atoms in total. The average molecular weight is 562 g/mol. The predicted molar refractivity (Wildman–Crippen MR) is 93.9 cm³/mol. The molecular weight excluding hydrogens is 543 g/mol. The molecule has 1 aliphatic rings. The fourth-order valence-electron chi connectivity index (χ4n) is 2.93. The molecule has 0 saturated carbocycles. The SMILES string of the molecule is COS(=O)(=O)C(F)(F)C(F)(F)C(F)(F)S(=O)(=O)N1CC(C)N(CC(=O)OCC(F)(F)F)C(C)C1. The van der Waals surface area contributed by atoms with Gasteiger partial charge in [-0.1, -0.05) is 0 Å². The van der Waals surface area contributed by atoms with Crippen molar-refractivity contribution in [3.05, 3.63) is 0 Å². The second-order valence-electron chi connectivity index (χ2n) is 7.20. The zero-order valence-corrected chi connectivity index (χ0v) is 19.1. The van der Waals surface area contributed by atoms with E-state index in [0.717, 1.165) is 18.7 Å². The first kappa shape index (κ1) is 30.7. The highest BCUT2D eigenvalue weighted by Crippen LogP contribution is 2.52. The molecule has 202 valence electrons. The third-order valence-corrected chi connectivity index (χ3v) is 7.91. The van der Waals surface area contributed by atoms with Crippen LogP contribution in [-0.4, -0.2) is 100 Å². The van der Waals surface area contributed by atoms with Crippen LogP contribution in [0.15, 0.2) is 0 Å². The van der Waals surface area contributed by atoms with Crippen molar-refractivity contribution >= 4 is 26.1 Å². The summed E-state index contributed by atoms with van der Waals surface area (Å²) in [5.74, 6) is -8.41. The molecule has 1 saturated heterocycles. The first-order valence-electron chi connectivity index (χ1n) is 8.87. The summed E-state index contributed by atoms with van der Waals surface area (Å²) in [5, 5.41) is -13.3. The molecule has 0 aliphatic carbocycles. The third kappa shape index (κ3) is 5.54. The molecule has 2 atom stereocenters. The predicted octanol–water partition coefficient (Wildman–Crippen LogP) is 1.61. The fraction of sp³-hybridized carbons (Fsp3) is 0.929. The van der Waals surface area contributed by atoms with Crippen LogP contribution in [0.4, 0.5) is 39.5 Å². The largest absolute Gasteiger partial charge is 0.455 e.